The van der Waals surface area contributed by atoms with Crippen LogP contribution < -0.4 is 24.0 Å². The number of nitrogens with zero attached hydrogens (tertiary/aromatic N) is 2. The predicted octanol–water partition coefficient (Wildman–Crippen LogP) is 14.1. The van der Waals surface area contributed by atoms with Crippen LogP contribution in [0.3, 0.4) is 0 Å². The van der Waals surface area contributed by atoms with Crippen molar-refractivity contribution in [2.75, 3.05) is 82.7 Å². The van der Waals surface area contributed by atoms with Gasteiger partial charge in [0.05, 0.1) is 68.2 Å². The zero-order valence-electron chi connectivity index (χ0n) is 47.7. The van der Waals surface area contributed by atoms with E-state index in [1.807, 2.05) is 80.5 Å². The van der Waals surface area contributed by atoms with E-state index in [1.54, 1.807) is 19.2 Å². The third-order valence-corrected chi connectivity index (χ3v) is 17.9. The van der Waals surface area contributed by atoms with Crippen LogP contribution in [0, 0.1) is 0 Å². The van der Waals surface area contributed by atoms with E-state index in [0.717, 1.165) is 97.6 Å². The Morgan fingerprint density at radius 2 is 1.18 bits per heavy atom. The van der Waals surface area contributed by atoms with Crippen molar-refractivity contribution in [3.05, 3.63) is 143 Å². The van der Waals surface area contributed by atoms with Gasteiger partial charge in [0.2, 0.25) is 0 Å². The number of anilines is 2. The van der Waals surface area contributed by atoms with Crippen molar-refractivity contribution in [1.29, 1.82) is 0 Å². The molecular formula is C64H75F3N2O9Si. The summed E-state index contributed by atoms with van der Waals surface area (Å²) >= 11 is 0. The standard InChI is InChI=1S/C64H75F3N2O9Si/c1-59(2,3)76-79(77-60(4,5)6,78-61(7,8)9)74-38-37-73-48-24-20-45(21-25-48)63(44-18-22-47(23-19-44)68-29-33-71-34-30-68)28-27-50-57-56(51-40-54(69-31-35-72-36-32-69)55(70-12)41-52(51)58(50)75-63)49-26-15-43(39-53(49)62(57,10)11)42-13-16-46(17-14-42)64(65,66)67/h13-28,39-41H,29-38H2,1-12H3. The van der Waals surface area contributed by atoms with Gasteiger partial charge in [0.1, 0.15) is 23.9 Å². The van der Waals surface area contributed by atoms with E-state index in [9.17, 15) is 13.2 Å². The number of benzene rings is 6. The van der Waals surface area contributed by atoms with E-state index in [4.69, 9.17) is 41.4 Å². The van der Waals surface area contributed by atoms with Crippen LogP contribution in [0.25, 0.3) is 39.1 Å². The maximum atomic E-state index is 13.7. The molecule has 0 spiro atoms. The van der Waals surface area contributed by atoms with Crippen molar-refractivity contribution in [2.45, 2.75) is 110 Å². The number of morpholine rings is 2. The Morgan fingerprint density at radius 3 is 1.73 bits per heavy atom. The van der Waals surface area contributed by atoms with E-state index >= 15 is 0 Å². The monoisotopic (exact) mass is 1100 g/mol. The first-order valence-electron chi connectivity index (χ1n) is 27.4. The molecule has 79 heavy (non-hydrogen) atoms. The summed E-state index contributed by atoms with van der Waals surface area (Å²) in [5.74, 6) is 2.07. The van der Waals surface area contributed by atoms with Crippen LogP contribution in [0.1, 0.15) is 110 Å². The summed E-state index contributed by atoms with van der Waals surface area (Å²) in [5, 5.41) is 1.89. The summed E-state index contributed by atoms with van der Waals surface area (Å²) in [5.41, 5.74) is 6.50. The third kappa shape index (κ3) is 11.7. The summed E-state index contributed by atoms with van der Waals surface area (Å²) in [6.07, 6.45) is -0.0411. The van der Waals surface area contributed by atoms with Gasteiger partial charge in [-0.25, -0.2) is 0 Å². The lowest BCUT2D eigenvalue weighted by Gasteiger charge is -2.41. The summed E-state index contributed by atoms with van der Waals surface area (Å²) in [7, 11) is -2.01. The fourth-order valence-corrected chi connectivity index (χ4v) is 14.2. The number of hydrogen-bond donors (Lipinski definition) is 0. The van der Waals surface area contributed by atoms with Gasteiger partial charge in [-0.05, 0) is 162 Å². The van der Waals surface area contributed by atoms with Crippen molar-refractivity contribution in [2.24, 2.45) is 0 Å². The van der Waals surface area contributed by atoms with E-state index in [-0.39, 0.29) is 13.2 Å². The second kappa shape index (κ2) is 21.2. The first kappa shape index (κ1) is 56.4. The molecule has 1 unspecified atom stereocenters. The molecule has 10 rings (SSSR count). The number of methoxy groups -OCH3 is 1. The van der Waals surface area contributed by atoms with Crippen molar-refractivity contribution in [3.8, 4) is 39.5 Å². The highest BCUT2D eigenvalue weighted by Gasteiger charge is 2.54. The molecule has 0 aromatic heterocycles. The molecule has 0 bridgehead atoms. The Bertz CT molecular complexity index is 3160. The molecule has 6 aromatic carbocycles. The lowest BCUT2D eigenvalue weighted by atomic mass is 9.76. The van der Waals surface area contributed by atoms with Gasteiger partial charge in [0.15, 0.2) is 5.60 Å². The molecular weight excluding hydrogens is 1030 g/mol. The minimum absolute atomic E-state index is 0.156. The highest BCUT2D eigenvalue weighted by atomic mass is 28.4. The number of fused-ring (bicyclic) bond motifs is 8. The summed E-state index contributed by atoms with van der Waals surface area (Å²) < 4.78 is 99.2. The maximum Gasteiger partial charge on any atom is 0.681 e. The van der Waals surface area contributed by atoms with Gasteiger partial charge >= 0.3 is 15.2 Å². The number of ether oxygens (including phenoxy) is 5. The number of rotatable bonds is 14. The number of alkyl halides is 3. The average Bonchev–Trinajstić information content (AvgIpc) is 2.60. The normalized spacial score (nSPS) is 18.5. The molecule has 2 fully saturated rings. The van der Waals surface area contributed by atoms with E-state index in [1.165, 1.54) is 0 Å². The van der Waals surface area contributed by atoms with Crippen LogP contribution in [0.2, 0.25) is 0 Å². The molecule has 2 saturated heterocycles. The Balaban J connectivity index is 1.07. The maximum absolute atomic E-state index is 13.7. The van der Waals surface area contributed by atoms with Crippen LogP contribution in [0.5, 0.6) is 17.2 Å². The Kier molecular flexibility index (Phi) is 15.1. The zero-order valence-corrected chi connectivity index (χ0v) is 48.7. The molecule has 0 saturated carbocycles. The van der Waals surface area contributed by atoms with Crippen molar-refractivity contribution in [3.63, 3.8) is 0 Å². The van der Waals surface area contributed by atoms with Gasteiger partial charge in [0, 0.05) is 59.4 Å². The Hall–Kier alpha value is -5.91. The Labute approximate surface area is 464 Å². The summed E-state index contributed by atoms with van der Waals surface area (Å²) in [6.45, 7) is 28.0. The minimum Gasteiger partial charge on any atom is -0.495 e. The van der Waals surface area contributed by atoms with E-state index in [0.29, 0.717) is 56.6 Å². The minimum atomic E-state index is -4.43. The first-order chi connectivity index (χ1) is 37.3. The molecule has 4 aliphatic rings. The molecule has 1 aliphatic carbocycles. The number of hydrogen-bond acceptors (Lipinski definition) is 11. The molecule has 0 amide bonds. The van der Waals surface area contributed by atoms with Gasteiger partial charge in [-0.15, -0.1) is 0 Å². The van der Waals surface area contributed by atoms with Crippen LogP contribution >= 0.6 is 0 Å². The largest absolute Gasteiger partial charge is 0.681 e. The van der Waals surface area contributed by atoms with Crippen LogP contribution in [0.15, 0.2) is 109 Å². The molecule has 6 aromatic rings. The fourth-order valence-electron chi connectivity index (χ4n) is 11.4. The van der Waals surface area contributed by atoms with Crippen LogP contribution in [-0.4, -0.2) is 98.8 Å². The molecule has 3 aliphatic heterocycles. The lowest BCUT2D eigenvalue weighted by Crippen LogP contribution is -2.59. The summed E-state index contributed by atoms with van der Waals surface area (Å²) in [6, 6.07) is 32.8. The molecule has 0 radical (unpaired) electrons. The van der Waals surface area contributed by atoms with Gasteiger partial charge in [-0.3, -0.25) is 0 Å². The average molecular weight is 1100 g/mol. The SMILES string of the molecule is COc1cc2c3c(c4c(c2cc1N1CCOCC1)-c1ccc(-c2ccc(C(F)(F)F)cc2)cc1C4(C)C)C=CC(c1ccc(OCCO[Si](OC(C)(C)C)(OC(C)(C)C)OC(C)(C)C)cc1)(c1ccc(N2CCOCC2)cc1)O3. The van der Waals surface area contributed by atoms with Crippen LogP contribution in [0.4, 0.5) is 24.5 Å². The topological polar surface area (TPSA) is 89.6 Å². The van der Waals surface area contributed by atoms with Gasteiger partial charge in [-0.2, -0.15) is 13.2 Å². The third-order valence-electron chi connectivity index (χ3n) is 14.7. The fraction of sp³-hybridized carbons (Fsp3) is 0.438. The molecule has 0 N–H and O–H groups in total. The van der Waals surface area contributed by atoms with Gasteiger partial charge in [0.25, 0.3) is 0 Å². The highest BCUT2D eigenvalue weighted by Crippen LogP contribution is 2.60. The molecule has 3 heterocycles. The number of halogens is 3. The second-order valence-electron chi connectivity index (χ2n) is 24.3. The first-order valence-corrected chi connectivity index (χ1v) is 29.1. The van der Waals surface area contributed by atoms with Crippen LogP contribution in [-0.2, 0) is 44.4 Å². The van der Waals surface area contributed by atoms with E-state index in [2.05, 4.69) is 96.5 Å². The molecule has 15 heteroatoms. The zero-order chi connectivity index (χ0) is 56.3. The highest BCUT2D eigenvalue weighted by molar-refractivity contribution is 6.54. The molecule has 420 valence electrons. The van der Waals surface area contributed by atoms with Crippen molar-refractivity contribution < 1.29 is 54.6 Å². The quantitative estimate of drug-likeness (QED) is 0.0772. The van der Waals surface area contributed by atoms with Gasteiger partial charge in [-0.1, -0.05) is 68.5 Å². The molecule has 1 atom stereocenters. The second-order valence-corrected chi connectivity index (χ2v) is 26.2. The van der Waals surface area contributed by atoms with E-state index < -0.39 is 48.6 Å². The van der Waals surface area contributed by atoms with Gasteiger partial charge < -0.3 is 51.2 Å². The predicted molar refractivity (Wildman–Crippen MR) is 308 cm³/mol. The summed E-state index contributed by atoms with van der Waals surface area (Å²) in [4.78, 5) is 4.66. The lowest BCUT2D eigenvalue weighted by molar-refractivity contribution is -0.138. The Morgan fingerprint density at radius 1 is 0.620 bits per heavy atom. The smallest absolute Gasteiger partial charge is 0.495 e. The van der Waals surface area contributed by atoms with Crippen molar-refractivity contribution >= 4 is 37.3 Å². The molecule has 11 nitrogen and oxygen atoms in total. The van der Waals surface area contributed by atoms with Crippen molar-refractivity contribution in [1.82, 2.24) is 0 Å².